The van der Waals surface area contributed by atoms with Gasteiger partial charge in [0.25, 0.3) is 0 Å². The number of Topliss-reactive ketones (excluding diaryl/α,β-unsaturated/α-hetero) is 1. The van der Waals surface area contributed by atoms with Crippen molar-refractivity contribution in [2.24, 2.45) is 0 Å². The lowest BCUT2D eigenvalue weighted by Gasteiger charge is -2.14. The van der Waals surface area contributed by atoms with Crippen LogP contribution in [0, 0.1) is 0 Å². The van der Waals surface area contributed by atoms with Crippen molar-refractivity contribution in [3.63, 3.8) is 0 Å². The van der Waals surface area contributed by atoms with Crippen LogP contribution < -0.4 is 0 Å². The maximum absolute atomic E-state index is 11.7. The average molecular weight is 239 g/mol. The summed E-state index contributed by atoms with van der Waals surface area (Å²) in [6, 6.07) is 3.65. The first-order chi connectivity index (χ1) is 7.95. The summed E-state index contributed by atoms with van der Waals surface area (Å²) in [5, 5.41) is 26.9. The SMILES string of the molecule is CN(CC(=O)c1ccc(O)c(O)c1)C(=O)CO. The summed E-state index contributed by atoms with van der Waals surface area (Å²) in [4.78, 5) is 23.8. The number of likely N-dealkylation sites (N-methyl/N-ethyl adjacent to an activating group) is 1. The fourth-order valence-corrected chi connectivity index (χ4v) is 1.21. The van der Waals surface area contributed by atoms with Crippen molar-refractivity contribution in [1.82, 2.24) is 4.90 Å². The molecule has 0 saturated heterocycles. The minimum Gasteiger partial charge on any atom is -0.504 e. The van der Waals surface area contributed by atoms with Gasteiger partial charge >= 0.3 is 0 Å². The van der Waals surface area contributed by atoms with Gasteiger partial charge in [0.1, 0.15) is 6.61 Å². The Morgan fingerprint density at radius 2 is 1.88 bits per heavy atom. The molecule has 0 atom stereocenters. The van der Waals surface area contributed by atoms with E-state index in [0.717, 1.165) is 11.0 Å². The first kappa shape index (κ1) is 13.0. The summed E-state index contributed by atoms with van der Waals surface area (Å²) < 4.78 is 0. The Balaban J connectivity index is 2.76. The van der Waals surface area contributed by atoms with E-state index in [-0.39, 0.29) is 17.9 Å². The smallest absolute Gasteiger partial charge is 0.248 e. The first-order valence-corrected chi connectivity index (χ1v) is 4.85. The summed E-state index contributed by atoms with van der Waals surface area (Å²) in [6.07, 6.45) is 0. The predicted molar refractivity (Wildman–Crippen MR) is 58.8 cm³/mol. The normalized spacial score (nSPS) is 10.0. The summed E-state index contributed by atoms with van der Waals surface area (Å²) in [5.74, 6) is -1.68. The largest absolute Gasteiger partial charge is 0.504 e. The molecule has 1 aromatic rings. The first-order valence-electron chi connectivity index (χ1n) is 4.85. The van der Waals surface area contributed by atoms with Crippen molar-refractivity contribution in [3.05, 3.63) is 23.8 Å². The molecule has 17 heavy (non-hydrogen) atoms. The maximum atomic E-state index is 11.7. The zero-order chi connectivity index (χ0) is 13.0. The fourth-order valence-electron chi connectivity index (χ4n) is 1.21. The van der Waals surface area contributed by atoms with E-state index in [2.05, 4.69) is 0 Å². The minimum absolute atomic E-state index is 0.179. The Kier molecular flexibility index (Phi) is 4.06. The molecular formula is C11H13NO5. The lowest BCUT2D eigenvalue weighted by atomic mass is 10.1. The number of ketones is 1. The monoisotopic (exact) mass is 239 g/mol. The van der Waals surface area contributed by atoms with Crippen LogP contribution >= 0.6 is 0 Å². The van der Waals surface area contributed by atoms with Crippen molar-refractivity contribution in [1.29, 1.82) is 0 Å². The Labute approximate surface area is 97.7 Å². The molecule has 0 aliphatic carbocycles. The molecule has 6 nitrogen and oxygen atoms in total. The van der Waals surface area contributed by atoms with Crippen LogP contribution in [0.25, 0.3) is 0 Å². The Morgan fingerprint density at radius 1 is 1.24 bits per heavy atom. The van der Waals surface area contributed by atoms with E-state index in [1.54, 1.807) is 0 Å². The molecular weight excluding hydrogens is 226 g/mol. The summed E-state index contributed by atoms with van der Waals surface area (Å²) in [6.45, 7) is -0.867. The van der Waals surface area contributed by atoms with Crippen LogP contribution in [-0.4, -0.2) is 52.1 Å². The van der Waals surface area contributed by atoms with Crippen LogP contribution in [0.4, 0.5) is 0 Å². The number of benzene rings is 1. The molecule has 0 heterocycles. The van der Waals surface area contributed by atoms with E-state index in [1.807, 2.05) is 0 Å². The average Bonchev–Trinajstić information content (AvgIpc) is 2.31. The molecule has 0 aromatic heterocycles. The number of aromatic hydroxyl groups is 2. The van der Waals surface area contributed by atoms with E-state index >= 15 is 0 Å². The van der Waals surface area contributed by atoms with E-state index in [1.165, 1.54) is 19.2 Å². The number of aliphatic hydroxyl groups is 1. The van der Waals surface area contributed by atoms with Crippen LogP contribution in [0.3, 0.4) is 0 Å². The highest BCUT2D eigenvalue weighted by Crippen LogP contribution is 2.24. The fraction of sp³-hybridized carbons (Fsp3) is 0.273. The lowest BCUT2D eigenvalue weighted by molar-refractivity contribution is -0.132. The molecule has 6 heteroatoms. The van der Waals surface area contributed by atoms with Gasteiger partial charge in [-0.3, -0.25) is 9.59 Å². The van der Waals surface area contributed by atoms with Gasteiger partial charge in [-0.05, 0) is 18.2 Å². The molecule has 92 valence electrons. The topological polar surface area (TPSA) is 98.1 Å². The second-order valence-electron chi connectivity index (χ2n) is 3.53. The molecule has 0 fully saturated rings. The third kappa shape index (κ3) is 3.18. The van der Waals surface area contributed by atoms with Gasteiger partial charge in [0, 0.05) is 12.6 Å². The maximum Gasteiger partial charge on any atom is 0.248 e. The number of aliphatic hydroxyl groups excluding tert-OH is 1. The molecule has 0 unspecified atom stereocenters. The third-order valence-corrected chi connectivity index (χ3v) is 2.24. The number of carbonyl (C=O) groups is 2. The van der Waals surface area contributed by atoms with Crippen molar-refractivity contribution >= 4 is 11.7 Å². The van der Waals surface area contributed by atoms with E-state index < -0.39 is 24.0 Å². The van der Waals surface area contributed by atoms with Gasteiger partial charge in [0.2, 0.25) is 5.91 Å². The van der Waals surface area contributed by atoms with Crippen molar-refractivity contribution in [2.45, 2.75) is 0 Å². The highest BCUT2D eigenvalue weighted by molar-refractivity contribution is 5.99. The molecule has 0 aliphatic rings. The van der Waals surface area contributed by atoms with Crippen LogP contribution in [0.15, 0.2) is 18.2 Å². The highest BCUT2D eigenvalue weighted by Gasteiger charge is 2.14. The second kappa shape index (κ2) is 5.31. The molecule has 3 N–H and O–H groups in total. The second-order valence-corrected chi connectivity index (χ2v) is 3.53. The summed E-state index contributed by atoms with van der Waals surface area (Å²) in [7, 11) is 1.39. The third-order valence-electron chi connectivity index (χ3n) is 2.24. The Bertz CT molecular complexity index is 443. The molecule has 0 aliphatic heterocycles. The number of carbonyl (C=O) groups excluding carboxylic acids is 2. The van der Waals surface area contributed by atoms with Crippen LogP contribution in [0.1, 0.15) is 10.4 Å². The molecule has 1 amide bonds. The molecule has 1 rings (SSSR count). The zero-order valence-corrected chi connectivity index (χ0v) is 9.25. The van der Waals surface area contributed by atoms with Gasteiger partial charge in [0.05, 0.1) is 6.54 Å². The molecule has 1 aromatic carbocycles. The van der Waals surface area contributed by atoms with Gasteiger partial charge in [-0.15, -0.1) is 0 Å². The molecule has 0 radical (unpaired) electrons. The minimum atomic E-state index is -0.662. The number of phenolic OH excluding ortho intramolecular Hbond substituents is 2. The van der Waals surface area contributed by atoms with E-state index in [9.17, 15) is 14.7 Å². The molecule has 0 bridgehead atoms. The van der Waals surface area contributed by atoms with Gasteiger partial charge in [-0.1, -0.05) is 0 Å². The van der Waals surface area contributed by atoms with Crippen LogP contribution in [0.5, 0.6) is 11.5 Å². The van der Waals surface area contributed by atoms with Crippen LogP contribution in [-0.2, 0) is 4.79 Å². The number of phenols is 2. The summed E-state index contributed by atoms with van der Waals surface area (Å²) in [5.41, 5.74) is 0.179. The summed E-state index contributed by atoms with van der Waals surface area (Å²) >= 11 is 0. The van der Waals surface area contributed by atoms with Gasteiger partial charge in [0.15, 0.2) is 17.3 Å². The quantitative estimate of drug-likeness (QED) is 0.496. The lowest BCUT2D eigenvalue weighted by Crippen LogP contribution is -2.34. The standard InChI is InChI=1S/C11H13NO5/c1-12(11(17)6-13)5-10(16)7-2-3-8(14)9(15)4-7/h2-4,13-15H,5-6H2,1H3. The van der Waals surface area contributed by atoms with E-state index in [4.69, 9.17) is 10.2 Å². The van der Waals surface area contributed by atoms with Crippen molar-refractivity contribution in [2.75, 3.05) is 20.2 Å². The highest BCUT2D eigenvalue weighted by atomic mass is 16.3. The number of hydrogen-bond acceptors (Lipinski definition) is 5. The van der Waals surface area contributed by atoms with E-state index in [0.29, 0.717) is 0 Å². The van der Waals surface area contributed by atoms with Crippen molar-refractivity contribution < 1.29 is 24.9 Å². The van der Waals surface area contributed by atoms with Gasteiger partial charge in [-0.25, -0.2) is 0 Å². The Hall–Kier alpha value is -2.08. The zero-order valence-electron chi connectivity index (χ0n) is 9.25. The van der Waals surface area contributed by atoms with Gasteiger partial charge < -0.3 is 20.2 Å². The number of hydrogen-bond donors (Lipinski definition) is 3. The Morgan fingerprint density at radius 3 is 2.41 bits per heavy atom. The molecule has 0 saturated carbocycles. The number of nitrogens with zero attached hydrogens (tertiary/aromatic N) is 1. The van der Waals surface area contributed by atoms with Crippen LogP contribution in [0.2, 0.25) is 0 Å². The number of amides is 1. The predicted octanol–water partition coefficient (Wildman–Crippen LogP) is -0.269. The molecule has 0 spiro atoms. The number of rotatable bonds is 4. The van der Waals surface area contributed by atoms with Gasteiger partial charge in [-0.2, -0.15) is 0 Å². The van der Waals surface area contributed by atoms with Crippen molar-refractivity contribution in [3.8, 4) is 11.5 Å².